The summed E-state index contributed by atoms with van der Waals surface area (Å²) in [6.45, 7) is 1.17. The number of nitrogens with zero attached hydrogens (tertiary/aromatic N) is 1. The van der Waals surface area contributed by atoms with E-state index in [1.54, 1.807) is 19.1 Å². The fraction of sp³-hybridized carbons (Fsp3) is 0.500. The van der Waals surface area contributed by atoms with Gasteiger partial charge in [0, 0.05) is 24.6 Å². The fourth-order valence-corrected chi connectivity index (χ4v) is 2.73. The Kier molecular flexibility index (Phi) is 5.67. The van der Waals surface area contributed by atoms with E-state index in [0.29, 0.717) is 13.1 Å². The van der Waals surface area contributed by atoms with Gasteiger partial charge in [-0.15, -0.1) is 0 Å². The zero-order valence-electron chi connectivity index (χ0n) is 13.6. The number of hydrogen-bond donors (Lipinski definition) is 1. The van der Waals surface area contributed by atoms with Crippen LogP contribution in [0.2, 0.25) is 0 Å². The van der Waals surface area contributed by atoms with Crippen LogP contribution in [0, 0.1) is 0 Å². The Hall–Kier alpha value is -2.44. The second kappa shape index (κ2) is 7.71. The molecule has 126 valence electrons. The third-order valence-electron chi connectivity index (χ3n) is 3.99. The van der Waals surface area contributed by atoms with Gasteiger partial charge in [0.1, 0.15) is 18.0 Å². The molecule has 0 aromatic heterocycles. The Morgan fingerprint density at radius 1 is 1.26 bits per heavy atom. The highest BCUT2D eigenvalue weighted by molar-refractivity contribution is 5.82. The molecule has 23 heavy (non-hydrogen) atoms. The summed E-state index contributed by atoms with van der Waals surface area (Å²) in [5, 5.41) is 2.41. The summed E-state index contributed by atoms with van der Waals surface area (Å²) in [5.41, 5.74) is 1.03. The number of alkyl carbamates (subject to hydrolysis) is 1. The van der Waals surface area contributed by atoms with Crippen molar-refractivity contribution in [2.75, 3.05) is 41.0 Å². The van der Waals surface area contributed by atoms with Crippen molar-refractivity contribution >= 4 is 12.0 Å². The van der Waals surface area contributed by atoms with E-state index in [2.05, 4.69) is 10.1 Å². The number of methoxy groups -OCH3 is 3. The number of hydrogen-bond acceptors (Lipinski definition) is 5. The van der Waals surface area contributed by atoms with E-state index < -0.39 is 6.09 Å². The Bertz CT molecular complexity index is 576. The zero-order valence-corrected chi connectivity index (χ0v) is 13.6. The normalized spacial score (nSPS) is 16.8. The van der Waals surface area contributed by atoms with Gasteiger partial charge >= 0.3 is 6.09 Å². The van der Waals surface area contributed by atoms with E-state index in [9.17, 15) is 9.59 Å². The van der Waals surface area contributed by atoms with E-state index in [-0.39, 0.29) is 18.4 Å². The Balaban J connectivity index is 2.02. The van der Waals surface area contributed by atoms with Crippen molar-refractivity contribution in [2.24, 2.45) is 0 Å². The Morgan fingerprint density at radius 2 is 2.04 bits per heavy atom. The maximum absolute atomic E-state index is 12.1. The molecule has 2 rings (SSSR count). The summed E-state index contributed by atoms with van der Waals surface area (Å²) in [7, 11) is 4.51. The number of carbonyl (C=O) groups excluding carboxylic acids is 2. The van der Waals surface area contributed by atoms with E-state index in [1.807, 2.05) is 18.2 Å². The lowest BCUT2D eigenvalue weighted by molar-refractivity contribution is -0.129. The first-order valence-corrected chi connectivity index (χ1v) is 7.40. The average Bonchev–Trinajstić information content (AvgIpc) is 3.08. The summed E-state index contributed by atoms with van der Waals surface area (Å²) in [5.74, 6) is 1.61. The molecule has 2 amide bonds. The van der Waals surface area contributed by atoms with Gasteiger partial charge in [0.2, 0.25) is 5.91 Å². The van der Waals surface area contributed by atoms with Gasteiger partial charge in [-0.05, 0) is 24.6 Å². The quantitative estimate of drug-likeness (QED) is 0.886. The molecule has 0 radical (unpaired) electrons. The summed E-state index contributed by atoms with van der Waals surface area (Å²) < 4.78 is 15.1. The number of rotatable bonds is 5. The van der Waals surface area contributed by atoms with Crippen LogP contribution in [0.1, 0.15) is 17.9 Å². The highest BCUT2D eigenvalue weighted by Gasteiger charge is 2.29. The average molecular weight is 322 g/mol. The molecule has 1 saturated heterocycles. The highest BCUT2D eigenvalue weighted by Crippen LogP contribution is 2.35. The fourth-order valence-electron chi connectivity index (χ4n) is 2.73. The maximum atomic E-state index is 12.1. The number of likely N-dealkylation sites (tertiary alicyclic amines) is 1. The van der Waals surface area contributed by atoms with Crippen LogP contribution in [0.4, 0.5) is 4.79 Å². The number of benzene rings is 1. The van der Waals surface area contributed by atoms with Crippen molar-refractivity contribution in [3.8, 4) is 11.5 Å². The largest absolute Gasteiger partial charge is 0.497 e. The molecule has 0 unspecified atom stereocenters. The lowest BCUT2D eigenvalue weighted by atomic mass is 9.97. The monoisotopic (exact) mass is 322 g/mol. The van der Waals surface area contributed by atoms with Crippen LogP contribution in [0.15, 0.2) is 18.2 Å². The molecule has 0 spiro atoms. The minimum absolute atomic E-state index is 0.0609. The predicted molar refractivity (Wildman–Crippen MR) is 83.9 cm³/mol. The van der Waals surface area contributed by atoms with Gasteiger partial charge in [0.25, 0.3) is 0 Å². The Morgan fingerprint density at radius 3 is 2.70 bits per heavy atom. The van der Waals surface area contributed by atoms with Gasteiger partial charge in [0.05, 0.1) is 21.3 Å². The van der Waals surface area contributed by atoms with Crippen LogP contribution in [0.3, 0.4) is 0 Å². The van der Waals surface area contributed by atoms with Crippen LogP contribution in [0.5, 0.6) is 11.5 Å². The van der Waals surface area contributed by atoms with Crippen molar-refractivity contribution in [3.63, 3.8) is 0 Å². The van der Waals surface area contributed by atoms with Gasteiger partial charge in [-0.3, -0.25) is 4.79 Å². The van der Waals surface area contributed by atoms with Crippen molar-refractivity contribution in [1.82, 2.24) is 10.2 Å². The summed E-state index contributed by atoms with van der Waals surface area (Å²) in [6, 6.07) is 5.67. The molecule has 7 nitrogen and oxygen atoms in total. The molecule has 1 aliphatic rings. The molecule has 1 aromatic rings. The van der Waals surface area contributed by atoms with Crippen LogP contribution >= 0.6 is 0 Å². The van der Waals surface area contributed by atoms with Crippen molar-refractivity contribution in [3.05, 3.63) is 23.8 Å². The SMILES string of the molecule is COC(=O)NCC(=O)N1CC[C@@H](c2cc(OC)ccc2OC)C1. The van der Waals surface area contributed by atoms with Crippen LogP contribution < -0.4 is 14.8 Å². The topological polar surface area (TPSA) is 77.1 Å². The molecular weight excluding hydrogens is 300 g/mol. The van der Waals surface area contributed by atoms with Crippen LogP contribution in [0.25, 0.3) is 0 Å². The standard InChI is InChI=1S/C16H22N2O5/c1-21-12-4-5-14(22-2)13(8-12)11-6-7-18(10-11)15(19)9-17-16(20)23-3/h4-5,8,11H,6-7,9-10H2,1-3H3,(H,17,20)/t11-/m1/s1. The van der Waals surface area contributed by atoms with Gasteiger partial charge in [-0.1, -0.05) is 0 Å². The van der Waals surface area contributed by atoms with Crippen molar-refractivity contribution in [2.45, 2.75) is 12.3 Å². The molecule has 1 atom stereocenters. The van der Waals surface area contributed by atoms with E-state index in [1.165, 1.54) is 7.11 Å². The van der Waals surface area contributed by atoms with Crippen LogP contribution in [-0.2, 0) is 9.53 Å². The second-order valence-corrected chi connectivity index (χ2v) is 5.28. The molecule has 1 heterocycles. The van der Waals surface area contributed by atoms with E-state index in [4.69, 9.17) is 9.47 Å². The van der Waals surface area contributed by atoms with E-state index in [0.717, 1.165) is 23.5 Å². The number of amides is 2. The first-order valence-electron chi connectivity index (χ1n) is 7.40. The molecular formula is C16H22N2O5. The molecule has 1 N–H and O–H groups in total. The lowest BCUT2D eigenvalue weighted by Gasteiger charge is -2.18. The minimum Gasteiger partial charge on any atom is -0.497 e. The smallest absolute Gasteiger partial charge is 0.407 e. The maximum Gasteiger partial charge on any atom is 0.407 e. The third-order valence-corrected chi connectivity index (χ3v) is 3.99. The molecule has 0 aliphatic carbocycles. The first kappa shape index (κ1) is 16.9. The second-order valence-electron chi connectivity index (χ2n) is 5.28. The molecule has 7 heteroatoms. The molecule has 0 saturated carbocycles. The van der Waals surface area contributed by atoms with Gasteiger partial charge < -0.3 is 24.4 Å². The number of nitrogens with one attached hydrogen (secondary N) is 1. The molecule has 1 fully saturated rings. The first-order chi connectivity index (χ1) is 11.1. The van der Waals surface area contributed by atoms with E-state index >= 15 is 0 Å². The Labute approximate surface area is 135 Å². The predicted octanol–water partition coefficient (Wildman–Crippen LogP) is 1.38. The lowest BCUT2D eigenvalue weighted by Crippen LogP contribution is -2.38. The van der Waals surface area contributed by atoms with Crippen molar-refractivity contribution in [1.29, 1.82) is 0 Å². The summed E-state index contributed by atoms with van der Waals surface area (Å²) in [6.07, 6.45) is 0.233. The summed E-state index contributed by atoms with van der Waals surface area (Å²) >= 11 is 0. The molecule has 1 aromatic carbocycles. The number of ether oxygens (including phenoxy) is 3. The summed E-state index contributed by atoms with van der Waals surface area (Å²) in [4.78, 5) is 24.9. The van der Waals surface area contributed by atoms with Gasteiger partial charge in [-0.25, -0.2) is 4.79 Å². The van der Waals surface area contributed by atoms with Crippen molar-refractivity contribution < 1.29 is 23.8 Å². The zero-order chi connectivity index (χ0) is 16.8. The third kappa shape index (κ3) is 4.06. The molecule has 1 aliphatic heterocycles. The van der Waals surface area contributed by atoms with Crippen LogP contribution in [-0.4, -0.2) is 57.9 Å². The molecule has 0 bridgehead atoms. The van der Waals surface area contributed by atoms with Gasteiger partial charge in [0.15, 0.2) is 0 Å². The van der Waals surface area contributed by atoms with Gasteiger partial charge in [-0.2, -0.15) is 0 Å². The minimum atomic E-state index is -0.608. The number of carbonyl (C=O) groups is 2. The highest BCUT2D eigenvalue weighted by atomic mass is 16.5.